The zero-order valence-electron chi connectivity index (χ0n) is 28.2. The van der Waals surface area contributed by atoms with Crippen LogP contribution in [0.2, 0.25) is 0 Å². The number of hydrogen-bond acceptors (Lipinski definition) is 9. The molecule has 0 aliphatic carbocycles. The van der Waals surface area contributed by atoms with Crippen LogP contribution in [0.1, 0.15) is 36.2 Å². The van der Waals surface area contributed by atoms with Gasteiger partial charge in [-0.2, -0.15) is 4.98 Å². The Morgan fingerprint density at radius 3 is 2.23 bits per heavy atom. The lowest BCUT2D eigenvalue weighted by molar-refractivity contribution is 0.399. The van der Waals surface area contributed by atoms with Gasteiger partial charge in [0.2, 0.25) is 5.88 Å². The molecule has 2 N–H and O–H groups in total. The van der Waals surface area contributed by atoms with Crippen LogP contribution in [-0.2, 0) is 33.1 Å². The summed E-state index contributed by atoms with van der Waals surface area (Å²) in [6, 6.07) is 19.5. The molecule has 6 aromatic rings. The van der Waals surface area contributed by atoms with Crippen molar-refractivity contribution in [2.45, 2.75) is 49.5 Å². The molecular formula is C35H41N7O4S2. The number of benzene rings is 2. The lowest BCUT2D eigenvalue weighted by atomic mass is 10.1. The fourth-order valence-corrected chi connectivity index (χ4v) is 7.56. The van der Waals surface area contributed by atoms with Gasteiger partial charge in [-0.25, -0.2) is 9.97 Å². The van der Waals surface area contributed by atoms with Crippen molar-refractivity contribution in [2.24, 2.45) is 5.92 Å². The lowest BCUT2D eigenvalue weighted by Gasteiger charge is -2.24. The van der Waals surface area contributed by atoms with Gasteiger partial charge < -0.3 is 24.3 Å². The molecular weight excluding hydrogens is 647 g/mol. The van der Waals surface area contributed by atoms with E-state index in [0.29, 0.717) is 39.0 Å². The Labute approximate surface area is 285 Å². The molecule has 0 fully saturated rings. The molecule has 6 rings (SSSR count). The predicted molar refractivity (Wildman–Crippen MR) is 192 cm³/mol. The van der Waals surface area contributed by atoms with Gasteiger partial charge in [-0.15, -0.1) is 0 Å². The highest BCUT2D eigenvalue weighted by Gasteiger charge is 2.17. The molecule has 13 heteroatoms. The fourth-order valence-electron chi connectivity index (χ4n) is 5.38. The second-order valence-corrected chi connectivity index (χ2v) is 14.5. The molecule has 0 saturated carbocycles. The molecule has 2 unspecified atom stereocenters. The number of imidazole rings is 2. The minimum Gasteiger partial charge on any atom is -0.496 e. The first kappa shape index (κ1) is 34.7. The first-order valence-corrected chi connectivity index (χ1v) is 18.1. The van der Waals surface area contributed by atoms with Gasteiger partial charge in [0.1, 0.15) is 5.75 Å². The summed E-state index contributed by atoms with van der Waals surface area (Å²) in [6.07, 6.45) is 1.73. The smallest absolute Gasteiger partial charge is 0.215 e. The fraction of sp³-hybridized carbons (Fsp3) is 0.314. The highest BCUT2D eigenvalue weighted by atomic mass is 32.2. The van der Waals surface area contributed by atoms with Gasteiger partial charge >= 0.3 is 0 Å². The first-order chi connectivity index (χ1) is 23.1. The van der Waals surface area contributed by atoms with Crippen LogP contribution in [0.3, 0.4) is 0 Å². The number of fused-ring (bicyclic) bond motifs is 2. The number of aromatic nitrogens is 6. The molecule has 0 amide bonds. The summed E-state index contributed by atoms with van der Waals surface area (Å²) in [7, 11) is 2.68. The molecule has 0 radical (unpaired) electrons. The van der Waals surface area contributed by atoms with Crippen molar-refractivity contribution in [3.8, 4) is 11.6 Å². The third-order valence-corrected chi connectivity index (χ3v) is 10.0. The van der Waals surface area contributed by atoms with E-state index >= 15 is 0 Å². The molecule has 0 aliphatic rings. The van der Waals surface area contributed by atoms with Crippen LogP contribution >= 0.6 is 0 Å². The Balaban J connectivity index is 0.000000188. The highest BCUT2D eigenvalue weighted by molar-refractivity contribution is 7.84. The van der Waals surface area contributed by atoms with Gasteiger partial charge in [-0.3, -0.25) is 13.4 Å². The van der Waals surface area contributed by atoms with Crippen molar-refractivity contribution >= 4 is 49.5 Å². The Bertz CT molecular complexity index is 2040. The van der Waals surface area contributed by atoms with Gasteiger partial charge in [-0.1, -0.05) is 44.2 Å². The third-order valence-electron chi connectivity index (χ3n) is 7.65. The lowest BCUT2D eigenvalue weighted by Crippen LogP contribution is -2.23. The Hall–Kier alpha value is -4.62. The molecule has 2 aromatic carbocycles. The van der Waals surface area contributed by atoms with Crippen molar-refractivity contribution < 1.29 is 17.9 Å². The largest absolute Gasteiger partial charge is 0.496 e. The van der Waals surface area contributed by atoms with E-state index in [2.05, 4.69) is 61.8 Å². The number of anilines is 1. The average Bonchev–Trinajstić information content (AvgIpc) is 3.71. The SMILES string of the molecule is CC(C)CN(C)c1ccccc1CS(=O)c1nc2ccccc2[nH]1.COc1ccc2[nH]c(S(=O)Cc3ncc(C)c(OC)c3C)nc2n1. The molecule has 0 bridgehead atoms. The van der Waals surface area contributed by atoms with Crippen LogP contribution in [0, 0.1) is 19.8 Å². The van der Waals surface area contributed by atoms with Crippen molar-refractivity contribution in [3.63, 3.8) is 0 Å². The topological polar surface area (TPSA) is 139 Å². The van der Waals surface area contributed by atoms with Gasteiger partial charge in [0.25, 0.3) is 0 Å². The minimum atomic E-state index is -1.37. The normalized spacial score (nSPS) is 12.5. The van der Waals surface area contributed by atoms with Crippen molar-refractivity contribution in [3.05, 3.63) is 89.2 Å². The number of H-pyrrole nitrogens is 2. The summed E-state index contributed by atoms with van der Waals surface area (Å²) in [4.78, 5) is 25.8. The quantitative estimate of drug-likeness (QED) is 0.162. The summed E-state index contributed by atoms with van der Waals surface area (Å²) in [6.45, 7) is 9.21. The number of methoxy groups -OCH3 is 2. The number of para-hydroxylation sites is 3. The first-order valence-electron chi connectivity index (χ1n) is 15.5. The number of nitrogens with zero attached hydrogens (tertiary/aromatic N) is 5. The summed E-state index contributed by atoms with van der Waals surface area (Å²) < 4.78 is 35.9. The molecule has 0 spiro atoms. The second kappa shape index (κ2) is 15.5. The van der Waals surface area contributed by atoms with Crippen LogP contribution in [0.25, 0.3) is 22.2 Å². The molecule has 0 aliphatic heterocycles. The van der Waals surface area contributed by atoms with Gasteiger partial charge in [0, 0.05) is 42.7 Å². The van der Waals surface area contributed by atoms with E-state index in [9.17, 15) is 8.42 Å². The standard InChI is InChI=1S/C19H23N3OS.C16H18N4O3S/c1-14(2)12-22(3)18-11-7-4-8-15(18)13-24(23)19-20-16-9-5-6-10-17(16)21-19;1-9-7-17-12(10(2)14(9)23-4)8-24(21)16-18-11-5-6-13(22-3)19-15(11)20-16/h4-11,14H,12-13H2,1-3H3,(H,20,21);5-7H,8H2,1-4H3,(H,18,19,20). The monoisotopic (exact) mass is 687 g/mol. The number of aromatic amines is 2. The van der Waals surface area contributed by atoms with Crippen LogP contribution in [-0.4, -0.2) is 66.1 Å². The second-order valence-electron chi connectivity index (χ2n) is 11.8. The minimum absolute atomic E-state index is 0.249. The van der Waals surface area contributed by atoms with E-state index in [1.54, 1.807) is 32.5 Å². The molecule has 48 heavy (non-hydrogen) atoms. The maximum atomic E-state index is 12.8. The summed E-state index contributed by atoms with van der Waals surface area (Å²) in [5.74, 6) is 2.52. The van der Waals surface area contributed by atoms with E-state index in [1.165, 1.54) is 0 Å². The van der Waals surface area contributed by atoms with E-state index in [1.807, 2.05) is 56.3 Å². The zero-order valence-corrected chi connectivity index (χ0v) is 29.9. The predicted octanol–water partition coefficient (Wildman–Crippen LogP) is 6.26. The maximum Gasteiger partial charge on any atom is 0.215 e. The average molecular weight is 688 g/mol. The van der Waals surface area contributed by atoms with Crippen molar-refractivity contribution in [1.29, 1.82) is 0 Å². The molecule has 252 valence electrons. The number of nitrogens with one attached hydrogen (secondary N) is 2. The number of ether oxygens (including phenoxy) is 2. The van der Waals surface area contributed by atoms with E-state index < -0.39 is 21.6 Å². The zero-order chi connectivity index (χ0) is 34.4. The Kier molecular flexibility index (Phi) is 11.2. The molecule has 11 nitrogen and oxygen atoms in total. The maximum absolute atomic E-state index is 12.8. The van der Waals surface area contributed by atoms with Crippen LogP contribution in [0.4, 0.5) is 5.69 Å². The molecule has 4 aromatic heterocycles. The molecule has 4 heterocycles. The summed E-state index contributed by atoms with van der Waals surface area (Å²) in [5, 5.41) is 0.906. The van der Waals surface area contributed by atoms with Crippen LogP contribution in [0.5, 0.6) is 11.6 Å². The van der Waals surface area contributed by atoms with Crippen molar-refractivity contribution in [2.75, 3.05) is 32.7 Å². The molecule has 2 atom stereocenters. The Morgan fingerprint density at radius 2 is 1.50 bits per heavy atom. The summed E-state index contributed by atoms with van der Waals surface area (Å²) >= 11 is 0. The van der Waals surface area contributed by atoms with Gasteiger partial charge in [0.05, 0.1) is 69.6 Å². The van der Waals surface area contributed by atoms with Crippen LogP contribution in [0.15, 0.2) is 77.2 Å². The third kappa shape index (κ3) is 8.08. The van der Waals surface area contributed by atoms with Gasteiger partial charge in [0.15, 0.2) is 16.0 Å². The van der Waals surface area contributed by atoms with E-state index in [0.717, 1.165) is 51.4 Å². The number of hydrogen-bond donors (Lipinski definition) is 2. The van der Waals surface area contributed by atoms with E-state index in [-0.39, 0.29) is 5.75 Å². The number of rotatable bonds is 11. The van der Waals surface area contributed by atoms with Crippen LogP contribution < -0.4 is 14.4 Å². The van der Waals surface area contributed by atoms with E-state index in [4.69, 9.17) is 9.47 Å². The number of aryl methyl sites for hydroxylation is 1. The number of pyridine rings is 2. The van der Waals surface area contributed by atoms with Gasteiger partial charge in [-0.05, 0) is 49.6 Å². The summed E-state index contributed by atoms with van der Waals surface area (Å²) in [5.41, 5.74) is 7.74. The van der Waals surface area contributed by atoms with Crippen molar-refractivity contribution in [1.82, 2.24) is 29.9 Å². The Morgan fingerprint density at radius 1 is 0.812 bits per heavy atom. The molecule has 0 saturated heterocycles. The highest BCUT2D eigenvalue weighted by Crippen LogP contribution is 2.26.